The molecule has 11 aromatic rings. The van der Waals surface area contributed by atoms with E-state index in [4.69, 9.17) is 15.0 Å². The van der Waals surface area contributed by atoms with Crippen LogP contribution in [0.5, 0.6) is 0 Å². The van der Waals surface area contributed by atoms with E-state index in [2.05, 4.69) is 126 Å². The predicted molar refractivity (Wildman–Crippen MR) is 217 cm³/mol. The minimum absolute atomic E-state index is 0.648. The zero-order valence-corrected chi connectivity index (χ0v) is 28.5. The van der Waals surface area contributed by atoms with Crippen LogP contribution in [0.15, 0.2) is 158 Å². The zero-order valence-electron chi connectivity index (χ0n) is 27.7. The Balaban J connectivity index is 1.20. The topological polar surface area (TPSA) is 43.6 Å². The summed E-state index contributed by atoms with van der Waals surface area (Å²) in [6.07, 6.45) is 0. The standard InChI is InChI=1S/C47H26N4S/c1-3-11-28(12-4-1)45-48-46(29-13-5-2-6-14-29)50-47(49-45)35-26-31(25-30-15-7-8-16-32(30)35)51-36-19-9-17-33-34-18-10-20-38-42(34)44-39(52-38)24-22-27-21-23-37(51)43(40(27)44)41(33)36/h1-26H. The molecule has 0 spiro atoms. The lowest BCUT2D eigenvalue weighted by Gasteiger charge is -2.15. The molecule has 0 fully saturated rings. The summed E-state index contributed by atoms with van der Waals surface area (Å²) in [6, 6.07) is 56.4. The van der Waals surface area contributed by atoms with E-state index < -0.39 is 0 Å². The number of thiophene rings is 1. The second-order valence-electron chi connectivity index (χ2n) is 13.6. The molecule has 5 heteroatoms. The van der Waals surface area contributed by atoms with Gasteiger partial charge in [0.15, 0.2) is 17.5 Å². The summed E-state index contributed by atoms with van der Waals surface area (Å²) in [5.41, 5.74) is 8.93. The highest BCUT2D eigenvalue weighted by molar-refractivity contribution is 7.26. The van der Waals surface area contributed by atoms with Crippen molar-refractivity contribution in [3.8, 4) is 51.0 Å². The largest absolute Gasteiger partial charge is 0.309 e. The Kier molecular flexibility index (Phi) is 5.62. The molecule has 0 saturated carbocycles. The fraction of sp³-hybridized carbons (Fsp3) is 0. The van der Waals surface area contributed by atoms with Crippen molar-refractivity contribution in [1.82, 2.24) is 19.5 Å². The number of fused-ring (bicyclic) bond motifs is 2. The van der Waals surface area contributed by atoms with E-state index in [1.165, 1.54) is 63.9 Å². The molecule has 3 heterocycles. The minimum Gasteiger partial charge on any atom is -0.309 e. The Hall–Kier alpha value is -6.69. The van der Waals surface area contributed by atoms with Crippen LogP contribution in [0, 0.1) is 0 Å². The van der Waals surface area contributed by atoms with Crippen molar-refractivity contribution >= 4 is 74.9 Å². The van der Waals surface area contributed by atoms with Gasteiger partial charge in [-0.15, -0.1) is 11.3 Å². The maximum absolute atomic E-state index is 5.18. The van der Waals surface area contributed by atoms with Gasteiger partial charge in [-0.2, -0.15) is 0 Å². The van der Waals surface area contributed by atoms with Crippen LogP contribution in [0.4, 0.5) is 0 Å². The Bertz CT molecular complexity index is 3230. The van der Waals surface area contributed by atoms with E-state index in [0.717, 1.165) is 33.2 Å². The van der Waals surface area contributed by atoms with Crippen molar-refractivity contribution in [2.24, 2.45) is 0 Å². The highest BCUT2D eigenvalue weighted by Gasteiger charge is 2.26. The zero-order chi connectivity index (χ0) is 33.9. The van der Waals surface area contributed by atoms with E-state index in [1.54, 1.807) is 0 Å². The van der Waals surface area contributed by atoms with Gasteiger partial charge in [-0.05, 0) is 63.7 Å². The predicted octanol–water partition coefficient (Wildman–Crippen LogP) is 12.6. The van der Waals surface area contributed by atoms with Crippen LogP contribution in [0.3, 0.4) is 0 Å². The Labute approximate surface area is 301 Å². The first-order chi connectivity index (χ1) is 25.8. The van der Waals surface area contributed by atoms with Crippen LogP contribution < -0.4 is 0 Å². The van der Waals surface area contributed by atoms with Crippen LogP contribution in [0.25, 0.3) is 115 Å². The van der Waals surface area contributed by atoms with Gasteiger partial charge in [0, 0.05) is 58.7 Å². The van der Waals surface area contributed by atoms with Gasteiger partial charge in [-0.1, -0.05) is 121 Å². The normalized spacial score (nSPS) is 12.2. The molecule has 12 rings (SSSR count). The summed E-state index contributed by atoms with van der Waals surface area (Å²) < 4.78 is 5.13. The highest BCUT2D eigenvalue weighted by atomic mass is 32.1. The molecular formula is C47H26N4S. The maximum Gasteiger partial charge on any atom is 0.164 e. The summed E-state index contributed by atoms with van der Waals surface area (Å²) in [5, 5.41) is 10.2. The molecular weight excluding hydrogens is 653 g/mol. The first-order valence-electron chi connectivity index (χ1n) is 17.5. The van der Waals surface area contributed by atoms with Crippen molar-refractivity contribution in [3.63, 3.8) is 0 Å². The van der Waals surface area contributed by atoms with Crippen molar-refractivity contribution in [2.75, 3.05) is 0 Å². The molecule has 1 aliphatic carbocycles. The fourth-order valence-corrected chi connectivity index (χ4v) is 9.68. The minimum atomic E-state index is 0.648. The molecule has 3 aromatic heterocycles. The quantitative estimate of drug-likeness (QED) is 0.186. The average Bonchev–Trinajstić information content (AvgIpc) is 3.73. The van der Waals surface area contributed by atoms with E-state index in [0.29, 0.717) is 17.5 Å². The molecule has 0 radical (unpaired) electrons. The number of rotatable bonds is 4. The molecule has 0 bridgehead atoms. The van der Waals surface area contributed by atoms with Crippen LogP contribution in [-0.4, -0.2) is 19.5 Å². The number of hydrogen-bond donors (Lipinski definition) is 0. The van der Waals surface area contributed by atoms with Gasteiger partial charge in [0.1, 0.15) is 0 Å². The van der Waals surface area contributed by atoms with E-state index in [-0.39, 0.29) is 0 Å². The number of benzene rings is 8. The van der Waals surface area contributed by atoms with Crippen LogP contribution in [0.2, 0.25) is 0 Å². The SMILES string of the molecule is c1ccc(-c2nc(-c3ccccc3)nc(-c3cc(-n4c5cccc6c5c5c7c(ccc8sc9cccc-6c9c87)ccc54)cc4ccccc34)n2)cc1. The molecule has 0 saturated heterocycles. The summed E-state index contributed by atoms with van der Waals surface area (Å²) in [4.78, 5) is 15.3. The average molecular weight is 679 g/mol. The maximum atomic E-state index is 5.18. The molecule has 0 atom stereocenters. The van der Waals surface area contributed by atoms with Gasteiger partial charge in [0.25, 0.3) is 0 Å². The molecule has 8 aromatic carbocycles. The molecule has 0 aliphatic heterocycles. The second-order valence-corrected chi connectivity index (χ2v) is 14.6. The van der Waals surface area contributed by atoms with Crippen molar-refractivity contribution in [3.05, 3.63) is 158 Å². The summed E-state index contributed by atoms with van der Waals surface area (Å²) >= 11 is 1.90. The monoisotopic (exact) mass is 678 g/mol. The molecule has 52 heavy (non-hydrogen) atoms. The third kappa shape index (κ3) is 3.83. The summed E-state index contributed by atoms with van der Waals surface area (Å²) in [6.45, 7) is 0. The molecule has 0 unspecified atom stereocenters. The first-order valence-corrected chi connectivity index (χ1v) is 18.4. The Morgan fingerprint density at radius 3 is 1.81 bits per heavy atom. The van der Waals surface area contributed by atoms with Crippen LogP contribution in [0.1, 0.15) is 0 Å². The lowest BCUT2D eigenvalue weighted by Crippen LogP contribution is -2.02. The summed E-state index contributed by atoms with van der Waals surface area (Å²) in [5.74, 6) is 1.95. The van der Waals surface area contributed by atoms with Gasteiger partial charge in [0.2, 0.25) is 0 Å². The molecule has 1 aliphatic rings. The Morgan fingerprint density at radius 2 is 1.02 bits per heavy atom. The molecule has 4 nitrogen and oxygen atoms in total. The van der Waals surface area contributed by atoms with Crippen LogP contribution in [-0.2, 0) is 0 Å². The second kappa shape index (κ2) is 10.4. The number of aromatic nitrogens is 4. The number of hydrogen-bond acceptors (Lipinski definition) is 4. The fourth-order valence-electron chi connectivity index (χ4n) is 8.54. The molecule has 240 valence electrons. The number of nitrogens with zero attached hydrogens (tertiary/aromatic N) is 4. The van der Waals surface area contributed by atoms with Gasteiger partial charge >= 0.3 is 0 Å². The third-order valence-electron chi connectivity index (χ3n) is 10.7. The third-order valence-corrected chi connectivity index (χ3v) is 11.9. The Morgan fingerprint density at radius 1 is 0.385 bits per heavy atom. The first kappa shape index (κ1) is 28.1. The van der Waals surface area contributed by atoms with Gasteiger partial charge in [-0.25, -0.2) is 15.0 Å². The van der Waals surface area contributed by atoms with Gasteiger partial charge in [0.05, 0.1) is 11.0 Å². The van der Waals surface area contributed by atoms with Gasteiger partial charge < -0.3 is 4.57 Å². The van der Waals surface area contributed by atoms with Crippen molar-refractivity contribution < 1.29 is 0 Å². The van der Waals surface area contributed by atoms with Crippen molar-refractivity contribution in [2.45, 2.75) is 0 Å². The van der Waals surface area contributed by atoms with E-state index in [1.807, 2.05) is 47.7 Å². The lowest BCUT2D eigenvalue weighted by atomic mass is 9.98. The van der Waals surface area contributed by atoms with E-state index >= 15 is 0 Å². The lowest BCUT2D eigenvalue weighted by molar-refractivity contribution is 1.07. The van der Waals surface area contributed by atoms with Crippen molar-refractivity contribution in [1.29, 1.82) is 0 Å². The van der Waals surface area contributed by atoms with E-state index in [9.17, 15) is 0 Å². The summed E-state index contributed by atoms with van der Waals surface area (Å²) in [7, 11) is 0. The smallest absolute Gasteiger partial charge is 0.164 e. The highest BCUT2D eigenvalue weighted by Crippen LogP contribution is 2.52. The molecule has 0 amide bonds. The van der Waals surface area contributed by atoms with Crippen LogP contribution >= 0.6 is 11.3 Å². The van der Waals surface area contributed by atoms with Gasteiger partial charge in [-0.3, -0.25) is 0 Å². The molecule has 0 N–H and O–H groups in total.